The molecule has 1 saturated heterocycles. The summed E-state index contributed by atoms with van der Waals surface area (Å²) in [4.78, 5) is 17.4. The normalized spacial score (nSPS) is 21.1. The number of rotatable bonds is 3. The van der Waals surface area contributed by atoms with E-state index in [1.807, 2.05) is 19.3 Å². The maximum atomic E-state index is 4.43. The molecule has 5 nitrogen and oxygen atoms in total. The van der Waals surface area contributed by atoms with Crippen molar-refractivity contribution in [2.75, 3.05) is 13.1 Å². The summed E-state index contributed by atoms with van der Waals surface area (Å²) in [6.45, 7) is 5.21. The van der Waals surface area contributed by atoms with Crippen molar-refractivity contribution in [3.8, 4) is 0 Å². The molecule has 0 unspecified atom stereocenters. The molecule has 0 spiro atoms. The Labute approximate surface area is 100 Å². The topological polar surface area (TPSA) is 60.6 Å². The quantitative estimate of drug-likeness (QED) is 0.840. The van der Waals surface area contributed by atoms with Crippen LogP contribution in [0.3, 0.4) is 0 Å². The van der Waals surface area contributed by atoms with Gasteiger partial charge in [0.05, 0.1) is 6.33 Å². The molecular formula is C12H17N5. The van der Waals surface area contributed by atoms with Crippen LogP contribution in [0, 0.1) is 6.92 Å². The van der Waals surface area contributed by atoms with Gasteiger partial charge in [-0.15, -0.1) is 0 Å². The van der Waals surface area contributed by atoms with Gasteiger partial charge in [0, 0.05) is 42.8 Å². The third-order valence-corrected chi connectivity index (χ3v) is 3.33. The van der Waals surface area contributed by atoms with Crippen molar-refractivity contribution in [1.82, 2.24) is 24.8 Å². The molecule has 0 radical (unpaired) electrons. The summed E-state index contributed by atoms with van der Waals surface area (Å²) in [6.07, 6.45) is 6.72. The lowest BCUT2D eigenvalue weighted by atomic mass is 10.1. The minimum absolute atomic E-state index is 0.548. The third-order valence-electron chi connectivity index (χ3n) is 3.33. The molecule has 2 aromatic heterocycles. The molecule has 2 aromatic rings. The van der Waals surface area contributed by atoms with Crippen molar-refractivity contribution < 1.29 is 0 Å². The maximum Gasteiger partial charge on any atom is 0.110 e. The Bertz CT molecular complexity index is 473. The SMILES string of the molecule is Cc1cnc([C@@H]2CCN(Cc3cnc[nH]3)C2)[nH]1. The highest BCUT2D eigenvalue weighted by atomic mass is 15.2. The van der Waals surface area contributed by atoms with E-state index in [1.165, 1.54) is 12.1 Å². The molecule has 0 aromatic carbocycles. The average molecular weight is 231 g/mol. The molecule has 90 valence electrons. The molecule has 5 heteroatoms. The van der Waals surface area contributed by atoms with Crippen LogP contribution in [0.2, 0.25) is 0 Å². The monoisotopic (exact) mass is 231 g/mol. The average Bonchev–Trinajstić information content (AvgIpc) is 2.99. The van der Waals surface area contributed by atoms with E-state index in [2.05, 4.69) is 24.8 Å². The summed E-state index contributed by atoms with van der Waals surface area (Å²) in [5, 5.41) is 0. The molecule has 0 bridgehead atoms. The molecule has 0 aliphatic carbocycles. The predicted octanol–water partition coefficient (Wildman–Crippen LogP) is 1.43. The van der Waals surface area contributed by atoms with Gasteiger partial charge in [-0.3, -0.25) is 4.90 Å². The van der Waals surface area contributed by atoms with E-state index >= 15 is 0 Å². The van der Waals surface area contributed by atoms with Crippen LogP contribution >= 0.6 is 0 Å². The Balaban J connectivity index is 1.62. The van der Waals surface area contributed by atoms with E-state index in [4.69, 9.17) is 0 Å². The molecule has 2 N–H and O–H groups in total. The number of imidazole rings is 2. The van der Waals surface area contributed by atoms with Crippen molar-refractivity contribution >= 4 is 0 Å². The number of nitrogens with one attached hydrogen (secondary N) is 2. The van der Waals surface area contributed by atoms with Crippen LogP contribution in [0.1, 0.15) is 29.6 Å². The van der Waals surface area contributed by atoms with Gasteiger partial charge in [-0.05, 0) is 19.9 Å². The van der Waals surface area contributed by atoms with Gasteiger partial charge < -0.3 is 9.97 Å². The Kier molecular flexibility index (Phi) is 2.68. The van der Waals surface area contributed by atoms with Gasteiger partial charge in [0.1, 0.15) is 5.82 Å². The van der Waals surface area contributed by atoms with Crippen molar-refractivity contribution in [2.45, 2.75) is 25.8 Å². The first-order valence-electron chi connectivity index (χ1n) is 6.02. The second kappa shape index (κ2) is 4.33. The Hall–Kier alpha value is -1.62. The van der Waals surface area contributed by atoms with Crippen molar-refractivity contribution in [1.29, 1.82) is 0 Å². The second-order valence-electron chi connectivity index (χ2n) is 4.75. The van der Waals surface area contributed by atoms with Crippen molar-refractivity contribution in [3.63, 3.8) is 0 Å². The first-order chi connectivity index (χ1) is 8.31. The maximum absolute atomic E-state index is 4.43. The number of likely N-dealkylation sites (tertiary alicyclic amines) is 1. The van der Waals surface area contributed by atoms with Crippen LogP contribution in [0.15, 0.2) is 18.7 Å². The minimum atomic E-state index is 0.548. The minimum Gasteiger partial charge on any atom is -0.347 e. The van der Waals surface area contributed by atoms with Crippen LogP contribution < -0.4 is 0 Å². The number of hydrogen-bond donors (Lipinski definition) is 2. The van der Waals surface area contributed by atoms with E-state index in [0.29, 0.717) is 5.92 Å². The molecule has 1 aliphatic rings. The highest BCUT2D eigenvalue weighted by Gasteiger charge is 2.25. The standard InChI is InChI=1S/C12H17N5/c1-9-4-14-12(16-9)10-2-3-17(6-10)7-11-5-13-8-15-11/h4-5,8,10H,2-3,6-7H2,1H3,(H,13,15)(H,14,16)/t10-/m1/s1. The molecule has 3 heterocycles. The van der Waals surface area contributed by atoms with Crippen LogP contribution in [0.5, 0.6) is 0 Å². The molecule has 1 atom stereocenters. The highest BCUT2D eigenvalue weighted by molar-refractivity contribution is 5.07. The molecule has 3 rings (SSSR count). The fourth-order valence-corrected chi connectivity index (χ4v) is 2.45. The highest BCUT2D eigenvalue weighted by Crippen LogP contribution is 2.25. The summed E-state index contributed by atoms with van der Waals surface area (Å²) >= 11 is 0. The Morgan fingerprint density at radius 2 is 2.41 bits per heavy atom. The predicted molar refractivity (Wildman–Crippen MR) is 64.5 cm³/mol. The first-order valence-corrected chi connectivity index (χ1v) is 6.02. The van der Waals surface area contributed by atoms with Crippen LogP contribution in [0.4, 0.5) is 0 Å². The smallest absolute Gasteiger partial charge is 0.110 e. The van der Waals surface area contributed by atoms with Gasteiger partial charge in [0.2, 0.25) is 0 Å². The molecule has 0 saturated carbocycles. The summed E-state index contributed by atoms with van der Waals surface area (Å²) in [5.74, 6) is 1.68. The first kappa shape index (κ1) is 10.5. The van der Waals surface area contributed by atoms with Gasteiger partial charge in [0.25, 0.3) is 0 Å². The fourth-order valence-electron chi connectivity index (χ4n) is 2.45. The lowest BCUT2D eigenvalue weighted by Crippen LogP contribution is -2.20. The molecule has 1 fully saturated rings. The summed E-state index contributed by atoms with van der Waals surface area (Å²) in [7, 11) is 0. The molecule has 1 aliphatic heterocycles. The largest absolute Gasteiger partial charge is 0.347 e. The summed E-state index contributed by atoms with van der Waals surface area (Å²) in [5.41, 5.74) is 2.33. The second-order valence-corrected chi connectivity index (χ2v) is 4.75. The summed E-state index contributed by atoms with van der Waals surface area (Å²) in [6, 6.07) is 0. The van der Waals surface area contributed by atoms with E-state index in [1.54, 1.807) is 6.33 Å². The van der Waals surface area contributed by atoms with Crippen molar-refractivity contribution in [2.24, 2.45) is 0 Å². The third kappa shape index (κ3) is 2.24. The number of aromatic nitrogens is 4. The lowest BCUT2D eigenvalue weighted by Gasteiger charge is -2.13. The lowest BCUT2D eigenvalue weighted by molar-refractivity contribution is 0.322. The van der Waals surface area contributed by atoms with Gasteiger partial charge in [-0.1, -0.05) is 0 Å². The molecule has 17 heavy (non-hydrogen) atoms. The van der Waals surface area contributed by atoms with E-state index in [9.17, 15) is 0 Å². The molecular weight excluding hydrogens is 214 g/mol. The van der Waals surface area contributed by atoms with Crippen LogP contribution in [-0.4, -0.2) is 37.9 Å². The number of H-pyrrole nitrogens is 2. The van der Waals surface area contributed by atoms with Gasteiger partial charge in [0.15, 0.2) is 0 Å². The van der Waals surface area contributed by atoms with Crippen LogP contribution in [-0.2, 0) is 6.54 Å². The zero-order valence-electron chi connectivity index (χ0n) is 9.98. The zero-order valence-corrected chi connectivity index (χ0v) is 9.98. The summed E-state index contributed by atoms with van der Waals surface area (Å²) < 4.78 is 0. The van der Waals surface area contributed by atoms with Crippen molar-refractivity contribution in [3.05, 3.63) is 35.9 Å². The fraction of sp³-hybridized carbons (Fsp3) is 0.500. The zero-order chi connectivity index (χ0) is 11.7. The Morgan fingerprint density at radius 1 is 1.47 bits per heavy atom. The van der Waals surface area contributed by atoms with E-state index in [-0.39, 0.29) is 0 Å². The number of nitrogens with zero attached hydrogens (tertiary/aromatic N) is 3. The van der Waals surface area contributed by atoms with E-state index in [0.717, 1.165) is 31.2 Å². The van der Waals surface area contributed by atoms with Crippen LogP contribution in [0.25, 0.3) is 0 Å². The van der Waals surface area contributed by atoms with Gasteiger partial charge >= 0.3 is 0 Å². The number of aromatic amines is 2. The number of hydrogen-bond acceptors (Lipinski definition) is 3. The van der Waals surface area contributed by atoms with Gasteiger partial charge in [-0.25, -0.2) is 9.97 Å². The van der Waals surface area contributed by atoms with E-state index < -0.39 is 0 Å². The Morgan fingerprint density at radius 3 is 3.12 bits per heavy atom. The van der Waals surface area contributed by atoms with Gasteiger partial charge in [-0.2, -0.15) is 0 Å². The number of aryl methyl sites for hydroxylation is 1. The molecule has 0 amide bonds.